The van der Waals surface area contributed by atoms with Crippen molar-refractivity contribution in [2.45, 2.75) is 57.2 Å². The smallest absolute Gasteiger partial charge is 0.329 e. The van der Waals surface area contributed by atoms with Crippen molar-refractivity contribution in [1.82, 2.24) is 5.32 Å². The van der Waals surface area contributed by atoms with E-state index in [1.807, 2.05) is 13.1 Å². The molecule has 0 spiro atoms. The summed E-state index contributed by atoms with van der Waals surface area (Å²) in [6.45, 7) is 10.2. The number of aliphatic carboxylic acids is 1. The van der Waals surface area contributed by atoms with Gasteiger partial charge < -0.3 is 25.7 Å². The molecule has 0 amide bonds. The minimum atomic E-state index is -2.22. The van der Waals surface area contributed by atoms with Gasteiger partial charge in [0.15, 0.2) is 20.3 Å². The number of carboxylic acid groups (broad SMARTS) is 1. The molecule has 20 heavy (non-hydrogen) atoms. The second-order valence-electron chi connectivity index (χ2n) is 6.60. The molecule has 1 rings (SSSR count). The lowest BCUT2D eigenvalue weighted by Gasteiger charge is -2.41. The summed E-state index contributed by atoms with van der Waals surface area (Å²) in [5.74, 6) is -1.11. The number of aliphatic imine (C=N–C) groups is 1. The highest BCUT2D eigenvalue weighted by Gasteiger charge is 2.45. The van der Waals surface area contributed by atoms with Crippen LogP contribution >= 0.6 is 0 Å². The first-order valence-corrected chi connectivity index (χ1v) is 9.51. The highest BCUT2D eigenvalue weighted by atomic mass is 28.4. The van der Waals surface area contributed by atoms with Crippen molar-refractivity contribution in [3.8, 4) is 0 Å². The summed E-state index contributed by atoms with van der Waals surface area (Å²) < 4.78 is 6.07. The molecule has 0 saturated carbocycles. The molecule has 8 heteroatoms. The van der Waals surface area contributed by atoms with E-state index < -0.39 is 32.5 Å². The number of nitrogens with zero attached hydrogens (tertiary/aromatic N) is 1. The summed E-state index contributed by atoms with van der Waals surface area (Å²) in [6.07, 6.45) is -1.88. The standard InChI is InChI=1S/C12H25N3O4Si/c1-12(2,3)20(4,5)19-9-7(16)6-14-11(13)15-8(9)10(17)18/h7-9,16H,6H2,1-5H3,(H,17,18)(H3,13,14,15)/t7-,8+,9-/m1/s1. The Bertz CT molecular complexity index is 406. The van der Waals surface area contributed by atoms with E-state index in [0.717, 1.165) is 0 Å². The Morgan fingerprint density at radius 3 is 2.50 bits per heavy atom. The number of aliphatic hydroxyl groups excluding tert-OH is 1. The topological polar surface area (TPSA) is 117 Å². The van der Waals surface area contributed by atoms with Gasteiger partial charge in [-0.15, -0.1) is 0 Å². The number of nitrogens with one attached hydrogen (secondary N) is 1. The minimum Gasteiger partial charge on any atom is -0.480 e. The van der Waals surface area contributed by atoms with Crippen LogP contribution in [-0.2, 0) is 9.22 Å². The maximum absolute atomic E-state index is 11.4. The first kappa shape index (κ1) is 16.9. The van der Waals surface area contributed by atoms with E-state index in [-0.39, 0.29) is 17.5 Å². The van der Waals surface area contributed by atoms with Gasteiger partial charge in [-0.3, -0.25) is 4.99 Å². The van der Waals surface area contributed by atoms with Gasteiger partial charge in [0.25, 0.3) is 0 Å². The molecule has 0 fully saturated rings. The molecule has 1 aliphatic heterocycles. The van der Waals surface area contributed by atoms with Crippen LogP contribution in [-0.4, -0.2) is 55.3 Å². The highest BCUT2D eigenvalue weighted by molar-refractivity contribution is 6.74. The van der Waals surface area contributed by atoms with Gasteiger partial charge in [0.05, 0.1) is 6.54 Å². The minimum absolute atomic E-state index is 0.0118. The zero-order valence-corrected chi connectivity index (χ0v) is 13.7. The second-order valence-corrected chi connectivity index (χ2v) is 11.4. The Morgan fingerprint density at radius 1 is 1.50 bits per heavy atom. The van der Waals surface area contributed by atoms with E-state index in [0.29, 0.717) is 0 Å². The summed E-state index contributed by atoms with van der Waals surface area (Å²) in [7, 11) is -2.22. The van der Waals surface area contributed by atoms with Gasteiger partial charge in [-0.1, -0.05) is 20.8 Å². The quantitative estimate of drug-likeness (QED) is 0.550. The van der Waals surface area contributed by atoms with Crippen molar-refractivity contribution < 1.29 is 19.4 Å². The fraction of sp³-hybridized carbons (Fsp3) is 0.833. The lowest BCUT2D eigenvalue weighted by atomic mass is 10.1. The number of hydrogen-bond acceptors (Lipinski definition) is 6. The SMILES string of the molecule is CC(C)(C)[Si](C)(C)O[C@@H]1[C@H](O)CN=C(N)N[C@@H]1C(=O)O. The summed E-state index contributed by atoms with van der Waals surface area (Å²) in [6, 6.07) is -1.11. The van der Waals surface area contributed by atoms with Crippen LogP contribution in [0.4, 0.5) is 0 Å². The Kier molecular flexibility index (Phi) is 4.83. The number of carboxylic acids is 1. The summed E-state index contributed by atoms with van der Waals surface area (Å²) >= 11 is 0. The van der Waals surface area contributed by atoms with Crippen LogP contribution in [0.15, 0.2) is 4.99 Å². The molecule has 0 aromatic heterocycles. The van der Waals surface area contributed by atoms with E-state index in [2.05, 4.69) is 31.1 Å². The van der Waals surface area contributed by atoms with E-state index in [1.54, 1.807) is 0 Å². The lowest BCUT2D eigenvalue weighted by Crippen LogP contribution is -2.58. The van der Waals surface area contributed by atoms with Crippen LogP contribution in [0.5, 0.6) is 0 Å². The van der Waals surface area contributed by atoms with Crippen LogP contribution < -0.4 is 11.1 Å². The van der Waals surface area contributed by atoms with Gasteiger partial charge in [-0.05, 0) is 18.1 Å². The van der Waals surface area contributed by atoms with Crippen molar-refractivity contribution in [2.75, 3.05) is 6.54 Å². The Morgan fingerprint density at radius 2 is 2.05 bits per heavy atom. The molecule has 0 bridgehead atoms. The molecular formula is C12H25N3O4Si. The normalized spacial score (nSPS) is 28.3. The third-order valence-corrected chi connectivity index (χ3v) is 8.44. The Hall–Kier alpha value is -1.12. The average molecular weight is 303 g/mol. The summed E-state index contributed by atoms with van der Waals surface area (Å²) in [5.41, 5.74) is 5.56. The molecule has 0 radical (unpaired) electrons. The molecule has 3 atom stereocenters. The fourth-order valence-electron chi connectivity index (χ4n) is 1.67. The largest absolute Gasteiger partial charge is 0.480 e. The molecular weight excluding hydrogens is 278 g/mol. The van der Waals surface area contributed by atoms with Crippen molar-refractivity contribution in [3.63, 3.8) is 0 Å². The van der Waals surface area contributed by atoms with Gasteiger partial charge in [-0.25, -0.2) is 4.79 Å². The van der Waals surface area contributed by atoms with Crippen LogP contribution in [0, 0.1) is 0 Å². The summed E-state index contributed by atoms with van der Waals surface area (Å²) in [4.78, 5) is 15.3. The van der Waals surface area contributed by atoms with Crippen molar-refractivity contribution in [2.24, 2.45) is 10.7 Å². The molecule has 1 heterocycles. The number of carbonyl (C=O) groups is 1. The van der Waals surface area contributed by atoms with E-state index in [4.69, 9.17) is 10.2 Å². The van der Waals surface area contributed by atoms with Gasteiger partial charge in [0.1, 0.15) is 12.2 Å². The number of rotatable bonds is 3. The predicted octanol–water partition coefficient (Wildman–Crippen LogP) is 0.109. The molecule has 0 saturated heterocycles. The van der Waals surface area contributed by atoms with Crippen LogP contribution in [0.3, 0.4) is 0 Å². The zero-order valence-electron chi connectivity index (χ0n) is 12.7. The first-order chi connectivity index (χ1) is 8.95. The monoisotopic (exact) mass is 303 g/mol. The van der Waals surface area contributed by atoms with Crippen molar-refractivity contribution in [1.29, 1.82) is 0 Å². The second kappa shape index (κ2) is 5.70. The van der Waals surface area contributed by atoms with Gasteiger partial charge in [-0.2, -0.15) is 0 Å². The zero-order chi connectivity index (χ0) is 15.7. The van der Waals surface area contributed by atoms with Gasteiger partial charge in [0, 0.05) is 0 Å². The highest BCUT2D eigenvalue weighted by Crippen LogP contribution is 2.38. The average Bonchev–Trinajstić information content (AvgIpc) is 2.40. The predicted molar refractivity (Wildman–Crippen MR) is 79.1 cm³/mol. The maximum atomic E-state index is 11.4. The van der Waals surface area contributed by atoms with Crippen molar-refractivity contribution >= 4 is 20.2 Å². The molecule has 0 unspecified atom stereocenters. The number of guanidine groups is 1. The molecule has 0 aromatic rings. The lowest BCUT2D eigenvalue weighted by molar-refractivity contribution is -0.143. The third-order valence-electron chi connectivity index (χ3n) is 3.96. The number of aliphatic hydroxyl groups is 1. The van der Waals surface area contributed by atoms with E-state index in [9.17, 15) is 15.0 Å². The van der Waals surface area contributed by atoms with Crippen LogP contribution in [0.25, 0.3) is 0 Å². The summed E-state index contributed by atoms with van der Waals surface area (Å²) in [5, 5.41) is 22.0. The molecule has 0 aliphatic carbocycles. The Labute approximate surface area is 120 Å². The number of hydrogen-bond donors (Lipinski definition) is 4. The molecule has 116 valence electrons. The number of nitrogens with two attached hydrogens (primary N) is 1. The molecule has 7 nitrogen and oxygen atoms in total. The van der Waals surface area contributed by atoms with Gasteiger partial charge >= 0.3 is 5.97 Å². The maximum Gasteiger partial charge on any atom is 0.329 e. The molecule has 0 aromatic carbocycles. The molecule has 5 N–H and O–H groups in total. The van der Waals surface area contributed by atoms with E-state index in [1.165, 1.54) is 0 Å². The van der Waals surface area contributed by atoms with Crippen molar-refractivity contribution in [3.05, 3.63) is 0 Å². The Balaban J connectivity index is 3.02. The fourth-order valence-corrected chi connectivity index (χ4v) is 3.00. The first-order valence-electron chi connectivity index (χ1n) is 6.61. The van der Waals surface area contributed by atoms with Crippen LogP contribution in [0.1, 0.15) is 20.8 Å². The van der Waals surface area contributed by atoms with E-state index >= 15 is 0 Å². The van der Waals surface area contributed by atoms with Gasteiger partial charge in [0.2, 0.25) is 0 Å². The van der Waals surface area contributed by atoms with Crippen LogP contribution in [0.2, 0.25) is 18.1 Å². The molecule has 1 aliphatic rings. The third kappa shape index (κ3) is 3.71.